The molecule has 0 radical (unpaired) electrons. The van der Waals surface area contributed by atoms with Gasteiger partial charge in [-0.25, -0.2) is 0 Å². The van der Waals surface area contributed by atoms with E-state index in [-0.39, 0.29) is 5.41 Å². The van der Waals surface area contributed by atoms with E-state index in [4.69, 9.17) is 11.5 Å². The van der Waals surface area contributed by atoms with E-state index >= 15 is 0 Å². The standard InChI is InChI=1S/C12H14O2/c1-5-10(13)6-7-11(14)8-9-12(2,3)4/h1,10-11,13-14H,2-4H3. The molecule has 0 saturated heterocycles. The van der Waals surface area contributed by atoms with Crippen molar-refractivity contribution in [2.45, 2.75) is 33.0 Å². The van der Waals surface area contributed by atoms with Gasteiger partial charge in [0.15, 0.2) is 12.2 Å². The highest BCUT2D eigenvalue weighted by atomic mass is 16.3. The zero-order valence-corrected chi connectivity index (χ0v) is 8.63. The van der Waals surface area contributed by atoms with Gasteiger partial charge in [0.25, 0.3) is 0 Å². The number of hydrogen-bond acceptors (Lipinski definition) is 2. The van der Waals surface area contributed by atoms with Crippen molar-refractivity contribution in [1.82, 2.24) is 0 Å². The summed E-state index contributed by atoms with van der Waals surface area (Å²) in [6.07, 6.45) is 2.69. The van der Waals surface area contributed by atoms with Crippen molar-refractivity contribution in [3.8, 4) is 36.0 Å². The third-order valence-electron chi connectivity index (χ3n) is 1.10. The van der Waals surface area contributed by atoms with Gasteiger partial charge in [-0.15, -0.1) is 6.42 Å². The first-order valence-electron chi connectivity index (χ1n) is 4.21. The summed E-state index contributed by atoms with van der Waals surface area (Å²) in [4.78, 5) is 0. The molecule has 2 nitrogen and oxygen atoms in total. The summed E-state index contributed by atoms with van der Waals surface area (Å²) in [7, 11) is 0. The molecule has 2 atom stereocenters. The molecule has 0 aromatic heterocycles. The summed E-state index contributed by atoms with van der Waals surface area (Å²) >= 11 is 0. The molecule has 2 heteroatoms. The lowest BCUT2D eigenvalue weighted by molar-refractivity contribution is 0.279. The fraction of sp³-hybridized carbons (Fsp3) is 0.500. The summed E-state index contributed by atoms with van der Waals surface area (Å²) in [6, 6.07) is 0. The Morgan fingerprint density at radius 2 is 1.50 bits per heavy atom. The van der Waals surface area contributed by atoms with Gasteiger partial charge < -0.3 is 10.2 Å². The first-order valence-corrected chi connectivity index (χ1v) is 4.21. The van der Waals surface area contributed by atoms with E-state index in [2.05, 4.69) is 23.7 Å². The van der Waals surface area contributed by atoms with Crippen LogP contribution in [0.2, 0.25) is 0 Å². The Morgan fingerprint density at radius 1 is 1.00 bits per heavy atom. The van der Waals surface area contributed by atoms with Crippen LogP contribution in [0.3, 0.4) is 0 Å². The van der Waals surface area contributed by atoms with Crippen molar-refractivity contribution < 1.29 is 10.2 Å². The van der Waals surface area contributed by atoms with Gasteiger partial charge in [0.05, 0.1) is 0 Å². The van der Waals surface area contributed by atoms with E-state index in [1.54, 1.807) is 0 Å². The Hall–Kier alpha value is -1.40. The van der Waals surface area contributed by atoms with E-state index < -0.39 is 12.2 Å². The maximum absolute atomic E-state index is 9.23. The van der Waals surface area contributed by atoms with Crippen LogP contribution in [-0.4, -0.2) is 22.4 Å². The minimum atomic E-state index is -1.14. The van der Waals surface area contributed by atoms with Crippen molar-refractivity contribution in [1.29, 1.82) is 0 Å². The van der Waals surface area contributed by atoms with Crippen LogP contribution in [0.5, 0.6) is 0 Å². The molecular formula is C12H14O2. The van der Waals surface area contributed by atoms with Gasteiger partial charge >= 0.3 is 0 Å². The quantitative estimate of drug-likeness (QED) is 0.543. The fourth-order valence-electron chi connectivity index (χ4n) is 0.520. The monoisotopic (exact) mass is 190 g/mol. The van der Waals surface area contributed by atoms with Crippen molar-refractivity contribution in [2.24, 2.45) is 5.41 Å². The van der Waals surface area contributed by atoms with Crippen LogP contribution in [0.15, 0.2) is 0 Å². The normalized spacial score (nSPS) is 13.7. The van der Waals surface area contributed by atoms with Crippen LogP contribution in [0.25, 0.3) is 0 Å². The fourth-order valence-corrected chi connectivity index (χ4v) is 0.520. The van der Waals surface area contributed by atoms with E-state index in [9.17, 15) is 5.11 Å². The molecule has 2 unspecified atom stereocenters. The molecule has 0 aliphatic rings. The Kier molecular flexibility index (Phi) is 4.82. The molecule has 0 aliphatic carbocycles. The molecule has 0 aromatic rings. The number of terminal acetylenes is 1. The minimum absolute atomic E-state index is 0.173. The van der Waals surface area contributed by atoms with Gasteiger partial charge in [-0.1, -0.05) is 29.6 Å². The average Bonchev–Trinajstić information content (AvgIpc) is 2.09. The molecule has 0 saturated carbocycles. The second kappa shape index (κ2) is 5.36. The van der Waals surface area contributed by atoms with E-state index in [1.165, 1.54) is 0 Å². The second-order valence-corrected chi connectivity index (χ2v) is 3.78. The van der Waals surface area contributed by atoms with Gasteiger partial charge in [0.1, 0.15) is 0 Å². The lowest BCUT2D eigenvalue weighted by atomic mass is 9.98. The highest BCUT2D eigenvalue weighted by Crippen LogP contribution is 2.09. The lowest BCUT2D eigenvalue weighted by Gasteiger charge is -2.06. The molecule has 14 heavy (non-hydrogen) atoms. The molecule has 0 heterocycles. The number of rotatable bonds is 0. The number of aliphatic hydroxyl groups excluding tert-OH is 2. The predicted octanol–water partition coefficient (Wildman–Crippen LogP) is 0.394. The Bertz CT molecular complexity index is 333. The molecule has 74 valence electrons. The molecule has 0 aromatic carbocycles. The number of hydrogen-bond donors (Lipinski definition) is 2. The lowest BCUT2D eigenvalue weighted by Crippen LogP contribution is -2.05. The summed E-state index contributed by atoms with van der Waals surface area (Å²) in [5.41, 5.74) is -0.173. The van der Waals surface area contributed by atoms with E-state index in [1.807, 2.05) is 26.7 Å². The highest BCUT2D eigenvalue weighted by Gasteiger charge is 2.04. The summed E-state index contributed by atoms with van der Waals surface area (Å²) in [6.45, 7) is 5.78. The molecule has 2 N–H and O–H groups in total. The third kappa shape index (κ3) is 7.26. The van der Waals surface area contributed by atoms with Crippen molar-refractivity contribution >= 4 is 0 Å². The van der Waals surface area contributed by atoms with E-state index in [0.717, 1.165) is 0 Å². The van der Waals surface area contributed by atoms with Crippen LogP contribution in [-0.2, 0) is 0 Å². The first kappa shape index (κ1) is 12.6. The topological polar surface area (TPSA) is 40.5 Å². The smallest absolute Gasteiger partial charge is 0.176 e. The predicted molar refractivity (Wildman–Crippen MR) is 55.9 cm³/mol. The second-order valence-electron chi connectivity index (χ2n) is 3.78. The molecule has 0 amide bonds. The van der Waals surface area contributed by atoms with Crippen molar-refractivity contribution in [3.63, 3.8) is 0 Å². The molecule has 0 bridgehead atoms. The Morgan fingerprint density at radius 3 is 1.93 bits per heavy atom. The van der Waals surface area contributed by atoms with Crippen LogP contribution in [0, 0.1) is 41.4 Å². The first-order chi connectivity index (χ1) is 6.35. The van der Waals surface area contributed by atoms with E-state index in [0.29, 0.717) is 0 Å². The molecular weight excluding hydrogens is 176 g/mol. The van der Waals surface area contributed by atoms with Gasteiger partial charge in [-0.05, 0) is 20.8 Å². The van der Waals surface area contributed by atoms with Crippen LogP contribution in [0.1, 0.15) is 20.8 Å². The molecule has 0 rings (SSSR count). The van der Waals surface area contributed by atoms with Gasteiger partial charge in [0, 0.05) is 5.41 Å². The third-order valence-corrected chi connectivity index (χ3v) is 1.10. The Balaban J connectivity index is 4.35. The maximum Gasteiger partial charge on any atom is 0.176 e. The van der Waals surface area contributed by atoms with Crippen molar-refractivity contribution in [2.75, 3.05) is 0 Å². The molecule has 0 fully saturated rings. The van der Waals surface area contributed by atoms with Gasteiger partial charge in [-0.3, -0.25) is 0 Å². The summed E-state index contributed by atoms with van der Waals surface area (Å²) in [5, 5.41) is 18.1. The highest BCUT2D eigenvalue weighted by molar-refractivity contribution is 5.25. The van der Waals surface area contributed by atoms with Crippen LogP contribution >= 0.6 is 0 Å². The van der Waals surface area contributed by atoms with Crippen molar-refractivity contribution in [3.05, 3.63) is 0 Å². The van der Waals surface area contributed by atoms with Crippen LogP contribution < -0.4 is 0 Å². The van der Waals surface area contributed by atoms with Gasteiger partial charge in [0.2, 0.25) is 0 Å². The molecule has 0 spiro atoms. The molecule has 0 aliphatic heterocycles. The SMILES string of the molecule is C#CC(O)C#CC(O)C#CC(C)(C)C. The number of aliphatic hydroxyl groups is 2. The largest absolute Gasteiger partial charge is 0.369 e. The van der Waals surface area contributed by atoms with Crippen LogP contribution in [0.4, 0.5) is 0 Å². The zero-order valence-electron chi connectivity index (χ0n) is 8.63. The maximum atomic E-state index is 9.23. The minimum Gasteiger partial charge on any atom is -0.369 e. The average molecular weight is 190 g/mol. The zero-order chi connectivity index (χ0) is 11.2. The summed E-state index contributed by atoms with van der Waals surface area (Å²) in [5.74, 6) is 12.0. The van der Waals surface area contributed by atoms with Gasteiger partial charge in [-0.2, -0.15) is 0 Å². The Labute approximate surface area is 85.3 Å². The summed E-state index contributed by atoms with van der Waals surface area (Å²) < 4.78 is 0.